The van der Waals surface area contributed by atoms with Crippen molar-refractivity contribution >= 4 is 40.9 Å². The maximum Gasteiger partial charge on any atom is 0.247 e. The lowest BCUT2D eigenvalue weighted by Crippen LogP contribution is -2.31. The third kappa shape index (κ3) is 3.96. The number of anilines is 2. The Morgan fingerprint density at radius 2 is 1.81 bits per heavy atom. The van der Waals surface area contributed by atoms with E-state index in [1.54, 1.807) is 24.3 Å². The Labute approximate surface area is 156 Å². The van der Waals surface area contributed by atoms with E-state index < -0.39 is 5.25 Å². The van der Waals surface area contributed by atoms with E-state index in [0.29, 0.717) is 5.69 Å². The fourth-order valence-electron chi connectivity index (χ4n) is 2.90. The molecule has 0 saturated carbocycles. The maximum atomic E-state index is 12.5. The molecule has 1 fully saturated rings. The molecule has 6 heteroatoms. The van der Waals surface area contributed by atoms with Crippen molar-refractivity contribution in [2.75, 3.05) is 16.0 Å². The molecule has 0 spiro atoms. The number of rotatable bonds is 6. The van der Waals surface area contributed by atoms with Gasteiger partial charge in [-0.3, -0.25) is 14.4 Å². The summed E-state index contributed by atoms with van der Waals surface area (Å²) in [6, 6.07) is 16.5. The molecule has 2 aromatic carbocycles. The van der Waals surface area contributed by atoms with E-state index in [4.69, 9.17) is 0 Å². The average molecular weight is 368 g/mol. The van der Waals surface area contributed by atoms with Crippen molar-refractivity contribution in [2.45, 2.75) is 25.0 Å². The van der Waals surface area contributed by atoms with Crippen LogP contribution < -0.4 is 10.2 Å². The lowest BCUT2D eigenvalue weighted by atomic mass is 10.1. The molecule has 0 radical (unpaired) electrons. The van der Waals surface area contributed by atoms with Crippen LogP contribution in [0.1, 0.15) is 18.9 Å². The number of carbonyl (C=O) groups is 3. The highest BCUT2D eigenvalue weighted by molar-refractivity contribution is 8.01. The highest BCUT2D eigenvalue weighted by Crippen LogP contribution is 2.29. The quantitative estimate of drug-likeness (QED) is 0.795. The van der Waals surface area contributed by atoms with Crippen LogP contribution in [0.3, 0.4) is 0 Å². The molecule has 2 aromatic rings. The number of hydrogen-bond acceptors (Lipinski definition) is 4. The van der Waals surface area contributed by atoms with E-state index in [1.165, 1.54) is 16.7 Å². The summed E-state index contributed by atoms with van der Waals surface area (Å²) in [7, 11) is 0. The van der Waals surface area contributed by atoms with Gasteiger partial charge in [-0.1, -0.05) is 43.3 Å². The van der Waals surface area contributed by atoms with E-state index in [0.717, 1.165) is 17.7 Å². The van der Waals surface area contributed by atoms with Gasteiger partial charge in [-0.05, 0) is 30.2 Å². The Balaban J connectivity index is 1.59. The topological polar surface area (TPSA) is 66.5 Å². The Kier molecular flexibility index (Phi) is 5.73. The first-order valence-electron chi connectivity index (χ1n) is 8.51. The first-order valence-corrected chi connectivity index (χ1v) is 9.56. The molecule has 0 bridgehead atoms. The molecule has 26 heavy (non-hydrogen) atoms. The molecule has 0 aromatic heterocycles. The van der Waals surface area contributed by atoms with Crippen molar-refractivity contribution in [1.82, 2.24) is 0 Å². The van der Waals surface area contributed by atoms with Gasteiger partial charge in [-0.15, -0.1) is 11.8 Å². The molecule has 3 amide bonds. The molecule has 1 N–H and O–H groups in total. The van der Waals surface area contributed by atoms with Gasteiger partial charge in [0.15, 0.2) is 0 Å². The second-order valence-corrected chi connectivity index (χ2v) is 7.16. The smallest absolute Gasteiger partial charge is 0.247 e. The summed E-state index contributed by atoms with van der Waals surface area (Å²) in [6.45, 7) is 2.03. The van der Waals surface area contributed by atoms with Gasteiger partial charge in [0, 0.05) is 12.1 Å². The minimum absolute atomic E-state index is 0.122. The molecule has 0 aliphatic carbocycles. The van der Waals surface area contributed by atoms with Crippen LogP contribution >= 0.6 is 11.8 Å². The maximum absolute atomic E-state index is 12.5. The Morgan fingerprint density at radius 3 is 2.54 bits per heavy atom. The van der Waals surface area contributed by atoms with Crippen molar-refractivity contribution in [3.8, 4) is 0 Å². The van der Waals surface area contributed by atoms with Gasteiger partial charge in [-0.2, -0.15) is 0 Å². The van der Waals surface area contributed by atoms with Crippen LogP contribution in [-0.4, -0.2) is 28.7 Å². The number of thioether (sulfide) groups is 1. The summed E-state index contributed by atoms with van der Waals surface area (Å²) < 4.78 is 0. The number of hydrogen-bond donors (Lipinski definition) is 1. The zero-order chi connectivity index (χ0) is 18.5. The predicted octanol–water partition coefficient (Wildman–Crippen LogP) is 3.25. The first kappa shape index (κ1) is 18.2. The van der Waals surface area contributed by atoms with Crippen molar-refractivity contribution in [1.29, 1.82) is 0 Å². The molecule has 5 nitrogen and oxygen atoms in total. The van der Waals surface area contributed by atoms with Gasteiger partial charge in [0.2, 0.25) is 17.7 Å². The molecular formula is C20H20N2O3S. The van der Waals surface area contributed by atoms with Gasteiger partial charge in [0.25, 0.3) is 0 Å². The third-order valence-corrected chi connectivity index (χ3v) is 5.41. The van der Waals surface area contributed by atoms with Crippen LogP contribution in [0.2, 0.25) is 0 Å². The van der Waals surface area contributed by atoms with Gasteiger partial charge in [0.05, 0.1) is 16.7 Å². The number of carbonyl (C=O) groups excluding carboxylic acids is 3. The number of nitrogens with zero attached hydrogens (tertiary/aromatic N) is 1. The molecule has 1 saturated heterocycles. The minimum atomic E-state index is -0.519. The second-order valence-electron chi connectivity index (χ2n) is 5.97. The van der Waals surface area contributed by atoms with Gasteiger partial charge >= 0.3 is 0 Å². The average Bonchev–Trinajstić information content (AvgIpc) is 2.94. The summed E-state index contributed by atoms with van der Waals surface area (Å²) in [5.41, 5.74) is 2.43. The SMILES string of the molecule is CCc1ccccc1NC(=O)CS[C@H]1CC(=O)N(c2ccccc2)C1=O. The van der Waals surface area contributed by atoms with E-state index in [2.05, 4.69) is 5.32 Å². The molecule has 134 valence electrons. The van der Waals surface area contributed by atoms with Crippen molar-refractivity contribution in [2.24, 2.45) is 0 Å². The molecule has 1 atom stereocenters. The molecule has 1 heterocycles. The predicted molar refractivity (Wildman–Crippen MR) is 104 cm³/mol. The van der Waals surface area contributed by atoms with E-state index >= 15 is 0 Å². The monoisotopic (exact) mass is 368 g/mol. The van der Waals surface area contributed by atoms with E-state index in [9.17, 15) is 14.4 Å². The highest BCUT2D eigenvalue weighted by atomic mass is 32.2. The third-order valence-electron chi connectivity index (χ3n) is 4.21. The standard InChI is InChI=1S/C20H20N2O3S/c1-2-14-8-6-7-11-16(14)21-18(23)13-26-17-12-19(24)22(20(17)25)15-9-4-3-5-10-15/h3-11,17H,2,12-13H2,1H3,(H,21,23)/t17-/m0/s1. The van der Waals surface area contributed by atoms with Crippen LogP contribution in [-0.2, 0) is 20.8 Å². The Hall–Kier alpha value is -2.60. The van der Waals surface area contributed by atoms with Crippen LogP contribution in [0, 0.1) is 0 Å². The number of nitrogens with one attached hydrogen (secondary N) is 1. The number of para-hydroxylation sites is 2. The number of imide groups is 1. The number of amides is 3. The zero-order valence-electron chi connectivity index (χ0n) is 14.5. The normalized spacial score (nSPS) is 16.8. The van der Waals surface area contributed by atoms with Crippen LogP contribution in [0.25, 0.3) is 0 Å². The summed E-state index contributed by atoms with van der Waals surface area (Å²) >= 11 is 1.21. The van der Waals surface area contributed by atoms with E-state index in [1.807, 2.05) is 37.3 Å². The number of aryl methyl sites for hydroxylation is 1. The molecule has 1 aliphatic rings. The van der Waals surface area contributed by atoms with Crippen molar-refractivity contribution < 1.29 is 14.4 Å². The fourth-order valence-corrected chi connectivity index (χ4v) is 3.83. The van der Waals surface area contributed by atoms with Gasteiger partial charge < -0.3 is 5.32 Å². The van der Waals surface area contributed by atoms with Crippen molar-refractivity contribution in [3.63, 3.8) is 0 Å². The van der Waals surface area contributed by atoms with Crippen LogP contribution in [0.4, 0.5) is 11.4 Å². The Bertz CT molecular complexity index is 823. The van der Waals surface area contributed by atoms with Crippen LogP contribution in [0.5, 0.6) is 0 Å². The molecular weight excluding hydrogens is 348 g/mol. The van der Waals surface area contributed by atoms with Crippen LogP contribution in [0.15, 0.2) is 54.6 Å². The number of benzene rings is 2. The summed E-state index contributed by atoms with van der Waals surface area (Å²) in [6.07, 6.45) is 0.947. The van der Waals surface area contributed by atoms with Gasteiger partial charge in [-0.25, -0.2) is 4.90 Å². The fraction of sp³-hybridized carbons (Fsp3) is 0.250. The summed E-state index contributed by atoms with van der Waals surface area (Å²) in [5, 5.41) is 2.37. The zero-order valence-corrected chi connectivity index (χ0v) is 15.3. The summed E-state index contributed by atoms with van der Waals surface area (Å²) in [4.78, 5) is 38.2. The largest absolute Gasteiger partial charge is 0.325 e. The van der Waals surface area contributed by atoms with E-state index in [-0.39, 0.29) is 29.9 Å². The first-order chi connectivity index (χ1) is 12.6. The minimum Gasteiger partial charge on any atom is -0.325 e. The molecule has 0 unspecified atom stereocenters. The van der Waals surface area contributed by atoms with Gasteiger partial charge in [0.1, 0.15) is 0 Å². The molecule has 1 aliphatic heterocycles. The highest BCUT2D eigenvalue weighted by Gasteiger charge is 2.39. The van der Waals surface area contributed by atoms with Crippen molar-refractivity contribution in [3.05, 3.63) is 60.2 Å². The lowest BCUT2D eigenvalue weighted by molar-refractivity contribution is -0.121. The second kappa shape index (κ2) is 8.19. The molecule has 3 rings (SSSR count). The Morgan fingerprint density at radius 1 is 1.12 bits per heavy atom. The lowest BCUT2D eigenvalue weighted by Gasteiger charge is -2.14. The summed E-state index contributed by atoms with van der Waals surface area (Å²) in [5.74, 6) is -0.526.